The van der Waals surface area contributed by atoms with Crippen molar-refractivity contribution in [2.45, 2.75) is 15.0 Å². The van der Waals surface area contributed by atoms with Crippen LogP contribution in [-0.2, 0) is 19.0 Å². The minimum Gasteiger partial charge on any atom is -0.379 e. The highest BCUT2D eigenvalue weighted by molar-refractivity contribution is 9.40. The molecule has 0 saturated carbocycles. The second-order valence-corrected chi connectivity index (χ2v) is 12.0. The van der Waals surface area contributed by atoms with Crippen LogP contribution in [0.25, 0.3) is 0 Å². The Hall–Kier alpha value is 0.740. The molecule has 7 nitrogen and oxygen atoms in total. The second-order valence-electron chi connectivity index (χ2n) is 4.50. The Morgan fingerprint density at radius 2 is 1.17 bits per heavy atom. The highest BCUT2D eigenvalue weighted by Gasteiger charge is 2.27. The third-order valence-corrected chi connectivity index (χ3v) is 3.84. The number of halogens is 4. The molecule has 0 fully saturated rings. The maximum absolute atomic E-state index is 11.5. The molecular weight excluding hydrogens is 584 g/mol. The predicted molar refractivity (Wildman–Crippen MR) is 107 cm³/mol. The first kappa shape index (κ1) is 24.7. The van der Waals surface area contributed by atoms with Gasteiger partial charge in [0.05, 0.1) is 26.4 Å². The minimum absolute atomic E-state index is 0.194. The van der Waals surface area contributed by atoms with Gasteiger partial charge in [0.2, 0.25) is 2.14 Å². The van der Waals surface area contributed by atoms with E-state index >= 15 is 0 Å². The number of carbonyl (C=O) groups excluding carboxylic acids is 2. The zero-order valence-electron chi connectivity index (χ0n) is 13.1. The lowest BCUT2D eigenvalue weighted by atomic mass is 10.4. The van der Waals surface area contributed by atoms with Gasteiger partial charge in [0.25, 0.3) is 10.7 Å². The van der Waals surface area contributed by atoms with Crippen LogP contribution in [0.1, 0.15) is 12.8 Å². The van der Waals surface area contributed by atoms with E-state index in [2.05, 4.69) is 74.4 Å². The van der Waals surface area contributed by atoms with Crippen molar-refractivity contribution in [2.24, 2.45) is 0 Å². The molecule has 0 atom stereocenters. The summed E-state index contributed by atoms with van der Waals surface area (Å²) in [7, 11) is 0. The quantitative estimate of drug-likeness (QED) is 0.138. The van der Waals surface area contributed by atoms with Crippen LogP contribution in [0.2, 0.25) is 0 Å². The molecule has 0 saturated heterocycles. The molecule has 11 heteroatoms. The molecule has 0 aromatic rings. The summed E-state index contributed by atoms with van der Waals surface area (Å²) in [6.07, 6.45) is 1.49. The van der Waals surface area contributed by atoms with Gasteiger partial charge in [-0.15, -0.1) is 0 Å². The molecule has 2 N–H and O–H groups in total. The lowest BCUT2D eigenvalue weighted by Gasteiger charge is -2.12. The number of rotatable bonds is 14. The Morgan fingerprint density at radius 1 is 0.750 bits per heavy atom. The van der Waals surface area contributed by atoms with Crippen LogP contribution in [0.15, 0.2) is 0 Å². The summed E-state index contributed by atoms with van der Waals surface area (Å²) in [4.78, 5) is 21.8. The van der Waals surface area contributed by atoms with Gasteiger partial charge in [-0.1, -0.05) is 0 Å². The number of amides is 2. The fraction of sp³-hybridized carbons (Fsp3) is 0.846. The van der Waals surface area contributed by atoms with Crippen molar-refractivity contribution in [3.05, 3.63) is 0 Å². The average molecular weight is 606 g/mol. The van der Waals surface area contributed by atoms with E-state index in [0.29, 0.717) is 52.7 Å². The van der Waals surface area contributed by atoms with Gasteiger partial charge in [-0.05, 0) is 60.6 Å². The molecule has 0 aromatic carbocycles. The van der Waals surface area contributed by atoms with Gasteiger partial charge in [0, 0.05) is 42.2 Å². The standard InChI is InChI=1S/C13H22Br4N2O5/c14-12(21)19-4-2-6-23-8-10-24-9-7-22-5-1-3-18-11(20)13(15,16)17/h1-10H2,(H,18,20)(H,19,21). The zero-order chi connectivity index (χ0) is 18.3. The largest absolute Gasteiger partial charge is 0.379 e. The summed E-state index contributed by atoms with van der Waals surface area (Å²) >= 11 is 12.2. The molecule has 2 amide bonds. The second kappa shape index (κ2) is 16.0. The topological polar surface area (TPSA) is 85.9 Å². The molecule has 142 valence electrons. The van der Waals surface area contributed by atoms with E-state index in [9.17, 15) is 9.59 Å². The molecule has 0 unspecified atom stereocenters. The number of hydrogen-bond acceptors (Lipinski definition) is 5. The van der Waals surface area contributed by atoms with Gasteiger partial charge in [-0.25, -0.2) is 0 Å². The van der Waals surface area contributed by atoms with Gasteiger partial charge in [-0.3, -0.25) is 9.59 Å². The maximum atomic E-state index is 11.5. The highest BCUT2D eigenvalue weighted by Crippen LogP contribution is 2.33. The highest BCUT2D eigenvalue weighted by atomic mass is 80.0. The summed E-state index contributed by atoms with van der Waals surface area (Å²) in [5.41, 5.74) is 0. The first-order valence-electron chi connectivity index (χ1n) is 7.35. The Kier molecular flexibility index (Phi) is 16.4. The number of ether oxygens (including phenoxy) is 3. The SMILES string of the molecule is O=C(Br)NCCCOCCOCCOCCCNC(=O)C(Br)(Br)Br. The first-order chi connectivity index (χ1) is 11.3. The lowest BCUT2D eigenvalue weighted by Crippen LogP contribution is -2.34. The summed E-state index contributed by atoms with van der Waals surface area (Å²) < 4.78 is 15.2. The molecule has 0 spiro atoms. The van der Waals surface area contributed by atoms with Crippen molar-refractivity contribution in [1.29, 1.82) is 0 Å². The van der Waals surface area contributed by atoms with E-state index < -0.39 is 2.14 Å². The minimum atomic E-state index is -0.911. The molecule has 0 aliphatic rings. The smallest absolute Gasteiger partial charge is 0.287 e. The van der Waals surface area contributed by atoms with Gasteiger partial charge in [0.15, 0.2) is 0 Å². The van der Waals surface area contributed by atoms with E-state index in [-0.39, 0.29) is 10.7 Å². The summed E-state index contributed by atoms with van der Waals surface area (Å²) in [5.74, 6) is -0.194. The third-order valence-electron chi connectivity index (χ3n) is 2.48. The van der Waals surface area contributed by atoms with E-state index in [4.69, 9.17) is 14.2 Å². The third kappa shape index (κ3) is 17.6. The Labute approximate surface area is 175 Å². The maximum Gasteiger partial charge on any atom is 0.287 e. The van der Waals surface area contributed by atoms with Crippen LogP contribution in [0.3, 0.4) is 0 Å². The molecule has 0 aromatic heterocycles. The summed E-state index contributed by atoms with van der Waals surface area (Å²) in [6, 6.07) is 0. The van der Waals surface area contributed by atoms with Crippen molar-refractivity contribution < 1.29 is 23.8 Å². The molecule has 24 heavy (non-hydrogen) atoms. The van der Waals surface area contributed by atoms with Crippen molar-refractivity contribution in [3.63, 3.8) is 0 Å². The predicted octanol–water partition coefficient (Wildman–Crippen LogP) is 2.88. The van der Waals surface area contributed by atoms with Crippen molar-refractivity contribution in [3.8, 4) is 0 Å². The molecular formula is C13H22Br4N2O5. The summed E-state index contributed by atoms with van der Waals surface area (Å²) in [6.45, 7) is 4.29. The van der Waals surface area contributed by atoms with E-state index in [0.717, 1.165) is 12.8 Å². The molecule has 0 aliphatic heterocycles. The number of nitrogens with one attached hydrogen (secondary N) is 2. The molecule has 0 radical (unpaired) electrons. The van der Waals surface area contributed by atoms with Crippen molar-refractivity contribution in [1.82, 2.24) is 10.6 Å². The van der Waals surface area contributed by atoms with Gasteiger partial charge in [0.1, 0.15) is 0 Å². The average Bonchev–Trinajstić information content (AvgIpc) is 2.49. The molecule has 0 rings (SSSR count). The van der Waals surface area contributed by atoms with Crippen LogP contribution in [0.4, 0.5) is 4.79 Å². The van der Waals surface area contributed by atoms with Gasteiger partial charge in [-0.2, -0.15) is 0 Å². The lowest BCUT2D eigenvalue weighted by molar-refractivity contribution is -0.119. The van der Waals surface area contributed by atoms with Crippen LogP contribution >= 0.6 is 63.7 Å². The summed E-state index contributed by atoms with van der Waals surface area (Å²) in [5, 5.41) is 5.35. The monoisotopic (exact) mass is 602 g/mol. The number of alkyl halides is 3. The van der Waals surface area contributed by atoms with Crippen LogP contribution < -0.4 is 10.6 Å². The van der Waals surface area contributed by atoms with Crippen LogP contribution in [0.5, 0.6) is 0 Å². The molecule has 0 bridgehead atoms. The fourth-order valence-electron chi connectivity index (χ4n) is 1.38. The van der Waals surface area contributed by atoms with E-state index in [1.54, 1.807) is 0 Å². The first-order valence-corrected chi connectivity index (χ1v) is 10.5. The van der Waals surface area contributed by atoms with Crippen molar-refractivity contribution in [2.75, 3.05) is 52.7 Å². The van der Waals surface area contributed by atoms with Crippen LogP contribution in [0, 0.1) is 0 Å². The normalized spacial score (nSPS) is 11.3. The number of carbonyl (C=O) groups is 2. The van der Waals surface area contributed by atoms with Gasteiger partial charge >= 0.3 is 0 Å². The van der Waals surface area contributed by atoms with E-state index in [1.165, 1.54) is 0 Å². The Bertz CT molecular complexity index is 356. The van der Waals surface area contributed by atoms with Gasteiger partial charge < -0.3 is 24.8 Å². The molecule has 0 heterocycles. The molecule has 0 aliphatic carbocycles. The van der Waals surface area contributed by atoms with E-state index in [1.807, 2.05) is 0 Å². The Balaban J connectivity index is 3.15. The fourth-order valence-corrected chi connectivity index (χ4v) is 2.00. The van der Waals surface area contributed by atoms with Crippen LogP contribution in [-0.4, -0.2) is 65.6 Å². The number of hydrogen-bond donors (Lipinski definition) is 2. The van der Waals surface area contributed by atoms with Crippen molar-refractivity contribution >= 4 is 74.4 Å². The zero-order valence-corrected chi connectivity index (χ0v) is 19.5. The Morgan fingerprint density at radius 3 is 1.58 bits per heavy atom.